The molecule has 3 aromatic rings. The lowest BCUT2D eigenvalue weighted by atomic mass is 9.95. The standard InChI is InChI=1S/C28H28BrFN2O3/c1-2-6-19-10-13-21(14-11-19)32-26(22-7-3-4-8-24(22)29)18-25(31-32)23-17-20(30)12-15-27(23)35-16-5-9-28(33)34/h3-4,7-8,10,12-15,17-19H,2,5-6,9,11,16H2,1H3,(H,33,34). The predicted molar refractivity (Wildman–Crippen MR) is 140 cm³/mol. The fourth-order valence-corrected chi connectivity index (χ4v) is 4.69. The van der Waals surface area contributed by atoms with Crippen molar-refractivity contribution in [3.63, 3.8) is 0 Å². The quantitative estimate of drug-likeness (QED) is 0.270. The second-order valence-corrected chi connectivity index (χ2v) is 9.42. The van der Waals surface area contributed by atoms with E-state index in [1.54, 1.807) is 6.07 Å². The number of hydrogen-bond acceptors (Lipinski definition) is 3. The van der Waals surface area contributed by atoms with Gasteiger partial charge in [0.15, 0.2) is 0 Å². The van der Waals surface area contributed by atoms with E-state index in [9.17, 15) is 9.18 Å². The van der Waals surface area contributed by atoms with E-state index in [1.807, 2.05) is 35.0 Å². The van der Waals surface area contributed by atoms with Gasteiger partial charge < -0.3 is 9.84 Å². The van der Waals surface area contributed by atoms with Crippen LogP contribution in [0.4, 0.5) is 4.39 Å². The van der Waals surface area contributed by atoms with Gasteiger partial charge in [-0.1, -0.05) is 59.6 Å². The first-order valence-corrected chi connectivity index (χ1v) is 12.6. The highest BCUT2D eigenvalue weighted by Gasteiger charge is 2.20. The molecular formula is C28H28BrFN2O3. The van der Waals surface area contributed by atoms with Crippen LogP contribution in [0.15, 0.2) is 71.2 Å². The zero-order valence-electron chi connectivity index (χ0n) is 19.6. The smallest absolute Gasteiger partial charge is 0.303 e. The van der Waals surface area contributed by atoms with Crippen molar-refractivity contribution in [2.45, 2.75) is 39.0 Å². The van der Waals surface area contributed by atoms with Crippen molar-refractivity contribution in [3.8, 4) is 28.3 Å². The predicted octanol–water partition coefficient (Wildman–Crippen LogP) is 7.58. The number of aliphatic carboxylic acids is 1. The first kappa shape index (κ1) is 24.9. The molecule has 0 amide bonds. The normalized spacial score (nSPS) is 15.2. The average Bonchev–Trinajstić information content (AvgIpc) is 3.28. The second kappa shape index (κ2) is 11.5. The minimum absolute atomic E-state index is 0.0108. The molecule has 0 bridgehead atoms. The molecule has 4 rings (SSSR count). The molecule has 0 spiro atoms. The third-order valence-corrected chi connectivity index (χ3v) is 6.63. The summed E-state index contributed by atoms with van der Waals surface area (Å²) in [5.74, 6) is -0.273. The number of carboxylic acid groups (broad SMARTS) is 1. The fourth-order valence-electron chi connectivity index (χ4n) is 4.20. The number of hydrogen-bond donors (Lipinski definition) is 1. The Morgan fingerprint density at radius 1 is 1.23 bits per heavy atom. The maximum Gasteiger partial charge on any atom is 0.303 e. The summed E-state index contributed by atoms with van der Waals surface area (Å²) in [5.41, 5.74) is 3.91. The van der Waals surface area contributed by atoms with E-state index in [0.29, 0.717) is 29.3 Å². The van der Waals surface area contributed by atoms with Gasteiger partial charge in [-0.2, -0.15) is 5.10 Å². The van der Waals surface area contributed by atoms with Gasteiger partial charge in [0.05, 0.1) is 23.7 Å². The first-order valence-electron chi connectivity index (χ1n) is 11.8. The van der Waals surface area contributed by atoms with Crippen LogP contribution in [-0.4, -0.2) is 27.5 Å². The lowest BCUT2D eigenvalue weighted by Crippen LogP contribution is -2.06. The summed E-state index contributed by atoms with van der Waals surface area (Å²) < 4.78 is 23.0. The van der Waals surface area contributed by atoms with E-state index in [-0.39, 0.29) is 13.0 Å². The third-order valence-electron chi connectivity index (χ3n) is 5.94. The molecule has 0 saturated carbocycles. The number of carboxylic acids is 1. The zero-order valence-corrected chi connectivity index (χ0v) is 21.2. The molecule has 7 heteroatoms. The SMILES string of the molecule is CCCC1C=CC(n2nc(-c3cc(F)ccc3OCCCC(=O)O)cc2-c2ccccc2Br)=CC1. The van der Waals surface area contributed by atoms with E-state index in [4.69, 9.17) is 14.9 Å². The molecule has 0 fully saturated rings. The molecule has 1 N–H and O–H groups in total. The highest BCUT2D eigenvalue weighted by molar-refractivity contribution is 9.10. The molecule has 1 heterocycles. The summed E-state index contributed by atoms with van der Waals surface area (Å²) >= 11 is 3.66. The topological polar surface area (TPSA) is 64.4 Å². The van der Waals surface area contributed by atoms with Crippen molar-refractivity contribution in [1.82, 2.24) is 9.78 Å². The molecule has 0 radical (unpaired) electrons. The van der Waals surface area contributed by atoms with Gasteiger partial charge in [0.1, 0.15) is 11.6 Å². The maximum atomic E-state index is 14.3. The Bertz CT molecular complexity index is 1260. The summed E-state index contributed by atoms with van der Waals surface area (Å²) in [4.78, 5) is 10.8. The number of nitrogens with zero attached hydrogens (tertiary/aromatic N) is 2. The summed E-state index contributed by atoms with van der Waals surface area (Å²) in [6, 6.07) is 14.2. The molecule has 1 unspecified atom stereocenters. The van der Waals surface area contributed by atoms with Crippen LogP contribution in [0.1, 0.15) is 39.0 Å². The van der Waals surface area contributed by atoms with Gasteiger partial charge in [-0.05, 0) is 61.6 Å². The van der Waals surface area contributed by atoms with Gasteiger partial charge in [0.25, 0.3) is 0 Å². The molecule has 0 saturated heterocycles. The van der Waals surface area contributed by atoms with E-state index in [1.165, 1.54) is 12.1 Å². The van der Waals surface area contributed by atoms with Crippen LogP contribution in [0.5, 0.6) is 5.75 Å². The number of carbonyl (C=O) groups is 1. The highest BCUT2D eigenvalue weighted by Crippen LogP contribution is 2.37. The lowest BCUT2D eigenvalue weighted by Gasteiger charge is -2.17. The van der Waals surface area contributed by atoms with Crippen LogP contribution in [0.3, 0.4) is 0 Å². The molecule has 1 aliphatic carbocycles. The highest BCUT2D eigenvalue weighted by atomic mass is 79.9. The van der Waals surface area contributed by atoms with Crippen LogP contribution in [0, 0.1) is 11.7 Å². The fraction of sp³-hybridized carbons (Fsp3) is 0.286. The van der Waals surface area contributed by atoms with E-state index >= 15 is 0 Å². The number of allylic oxidation sites excluding steroid dienone is 4. The van der Waals surface area contributed by atoms with Crippen LogP contribution in [-0.2, 0) is 4.79 Å². The van der Waals surface area contributed by atoms with Crippen LogP contribution in [0.25, 0.3) is 28.2 Å². The average molecular weight is 539 g/mol. The molecular weight excluding hydrogens is 511 g/mol. The molecule has 1 aliphatic rings. The number of benzene rings is 2. The van der Waals surface area contributed by atoms with Gasteiger partial charge in [0.2, 0.25) is 0 Å². The third kappa shape index (κ3) is 6.09. The summed E-state index contributed by atoms with van der Waals surface area (Å²) in [5, 5.41) is 13.8. The first-order chi connectivity index (χ1) is 17.0. The van der Waals surface area contributed by atoms with Crippen LogP contribution < -0.4 is 4.74 Å². The summed E-state index contributed by atoms with van der Waals surface area (Å²) in [6.07, 6.45) is 10.2. The summed E-state index contributed by atoms with van der Waals surface area (Å²) in [7, 11) is 0. The van der Waals surface area contributed by atoms with Crippen molar-refractivity contribution in [2.24, 2.45) is 5.92 Å². The number of aromatic nitrogens is 2. The van der Waals surface area contributed by atoms with Gasteiger partial charge >= 0.3 is 5.97 Å². The van der Waals surface area contributed by atoms with E-state index < -0.39 is 11.8 Å². The summed E-state index contributed by atoms with van der Waals surface area (Å²) in [6.45, 7) is 2.41. The van der Waals surface area contributed by atoms with Crippen molar-refractivity contribution in [3.05, 3.63) is 77.0 Å². The number of rotatable bonds is 10. The Kier molecular flexibility index (Phi) is 8.18. The molecule has 1 aromatic heterocycles. The maximum absolute atomic E-state index is 14.3. The Balaban J connectivity index is 1.74. The van der Waals surface area contributed by atoms with E-state index in [2.05, 4.69) is 41.1 Å². The Hall–Kier alpha value is -3.19. The molecule has 0 aliphatic heterocycles. The second-order valence-electron chi connectivity index (χ2n) is 8.57. The van der Waals surface area contributed by atoms with Gasteiger partial charge in [-0.3, -0.25) is 4.79 Å². The minimum Gasteiger partial charge on any atom is -0.493 e. The molecule has 182 valence electrons. The monoisotopic (exact) mass is 538 g/mol. The minimum atomic E-state index is -0.875. The Labute approximate surface area is 213 Å². The van der Waals surface area contributed by atoms with Gasteiger partial charge in [0, 0.05) is 22.0 Å². The molecule has 5 nitrogen and oxygen atoms in total. The van der Waals surface area contributed by atoms with Crippen molar-refractivity contribution in [1.29, 1.82) is 0 Å². The largest absolute Gasteiger partial charge is 0.493 e. The van der Waals surface area contributed by atoms with Crippen molar-refractivity contribution in [2.75, 3.05) is 6.61 Å². The zero-order chi connectivity index (χ0) is 24.8. The lowest BCUT2D eigenvalue weighted by molar-refractivity contribution is -0.137. The van der Waals surface area contributed by atoms with Gasteiger partial charge in [-0.15, -0.1) is 0 Å². The van der Waals surface area contributed by atoms with Crippen molar-refractivity contribution >= 4 is 27.6 Å². The van der Waals surface area contributed by atoms with Gasteiger partial charge in [-0.25, -0.2) is 9.07 Å². The Morgan fingerprint density at radius 3 is 2.77 bits per heavy atom. The van der Waals surface area contributed by atoms with Crippen LogP contribution in [0.2, 0.25) is 0 Å². The molecule has 2 aromatic carbocycles. The molecule has 35 heavy (non-hydrogen) atoms. The van der Waals surface area contributed by atoms with Crippen LogP contribution >= 0.6 is 15.9 Å². The van der Waals surface area contributed by atoms with Crippen molar-refractivity contribution < 1.29 is 19.0 Å². The van der Waals surface area contributed by atoms with E-state index in [0.717, 1.165) is 40.7 Å². The molecule has 1 atom stereocenters. The number of halogens is 2. The Morgan fingerprint density at radius 2 is 2.06 bits per heavy atom. The number of ether oxygens (including phenoxy) is 1.